The standard InChI is InChI=1S/C21H20FNO2/c1-12-9-10-17(21(24)25-2)18-15-7-4-8-16(15)20(23-19(12)18)13-5-3-6-14(22)11-13/h3-7,9-11,15-16,20,23H,8H2,1-2H3/t15-,16-,20-/m1/s1. The van der Waals surface area contributed by atoms with E-state index in [9.17, 15) is 9.18 Å². The minimum absolute atomic E-state index is 0.00907. The normalized spacial score (nSPS) is 23.6. The molecule has 0 radical (unpaired) electrons. The SMILES string of the molecule is COC(=O)c1ccc(C)c2c1[C@@H]1C=CC[C@H]1[C@@H](c1cccc(F)c1)N2. The zero-order valence-corrected chi connectivity index (χ0v) is 14.3. The van der Waals surface area contributed by atoms with Gasteiger partial charge in [0.2, 0.25) is 0 Å². The first-order valence-corrected chi connectivity index (χ1v) is 8.50. The summed E-state index contributed by atoms with van der Waals surface area (Å²) in [6.45, 7) is 2.02. The third kappa shape index (κ3) is 2.53. The molecule has 25 heavy (non-hydrogen) atoms. The molecule has 2 aromatic rings. The number of esters is 1. The highest BCUT2D eigenvalue weighted by molar-refractivity contribution is 5.94. The summed E-state index contributed by atoms with van der Waals surface area (Å²) in [4.78, 5) is 12.3. The number of carbonyl (C=O) groups is 1. The smallest absolute Gasteiger partial charge is 0.338 e. The molecule has 0 fully saturated rings. The highest BCUT2D eigenvalue weighted by atomic mass is 19.1. The minimum atomic E-state index is -0.318. The van der Waals surface area contributed by atoms with E-state index < -0.39 is 0 Å². The molecule has 0 amide bonds. The van der Waals surface area contributed by atoms with E-state index in [-0.39, 0.29) is 29.7 Å². The van der Waals surface area contributed by atoms with Crippen LogP contribution >= 0.6 is 0 Å². The molecule has 0 saturated carbocycles. The Bertz CT molecular complexity index is 874. The number of benzene rings is 2. The minimum Gasteiger partial charge on any atom is -0.465 e. The van der Waals surface area contributed by atoms with Crippen molar-refractivity contribution in [3.63, 3.8) is 0 Å². The molecule has 1 aliphatic carbocycles. The molecule has 0 bridgehead atoms. The van der Waals surface area contributed by atoms with Crippen molar-refractivity contribution in [3.8, 4) is 0 Å². The van der Waals surface area contributed by atoms with E-state index in [1.807, 2.05) is 25.1 Å². The lowest BCUT2D eigenvalue weighted by atomic mass is 9.74. The molecule has 0 spiro atoms. The van der Waals surface area contributed by atoms with E-state index in [0.717, 1.165) is 28.8 Å². The second-order valence-electron chi connectivity index (χ2n) is 6.74. The largest absolute Gasteiger partial charge is 0.465 e. The summed E-state index contributed by atoms with van der Waals surface area (Å²) < 4.78 is 18.7. The molecule has 1 aliphatic heterocycles. The van der Waals surface area contributed by atoms with E-state index in [2.05, 4.69) is 17.5 Å². The van der Waals surface area contributed by atoms with E-state index in [0.29, 0.717) is 5.56 Å². The summed E-state index contributed by atoms with van der Waals surface area (Å²) in [7, 11) is 1.41. The summed E-state index contributed by atoms with van der Waals surface area (Å²) in [6, 6.07) is 10.5. The number of carbonyl (C=O) groups excluding carboxylic acids is 1. The average molecular weight is 337 g/mol. The van der Waals surface area contributed by atoms with Gasteiger partial charge in [-0.25, -0.2) is 9.18 Å². The van der Waals surface area contributed by atoms with Crippen molar-refractivity contribution in [2.45, 2.75) is 25.3 Å². The molecule has 3 atom stereocenters. The van der Waals surface area contributed by atoms with Gasteiger partial charge in [0.1, 0.15) is 5.82 Å². The van der Waals surface area contributed by atoms with Gasteiger partial charge in [0.05, 0.1) is 18.7 Å². The Morgan fingerprint density at radius 2 is 2.12 bits per heavy atom. The summed E-state index contributed by atoms with van der Waals surface area (Å²) in [5, 5.41) is 3.59. The van der Waals surface area contributed by atoms with Crippen molar-refractivity contribution in [1.29, 1.82) is 0 Å². The Morgan fingerprint density at radius 3 is 2.88 bits per heavy atom. The molecule has 0 aromatic heterocycles. The molecule has 128 valence electrons. The molecule has 2 aromatic carbocycles. The molecule has 3 nitrogen and oxygen atoms in total. The van der Waals surface area contributed by atoms with E-state index >= 15 is 0 Å². The molecule has 0 saturated heterocycles. The quantitative estimate of drug-likeness (QED) is 0.635. The number of halogens is 1. The highest BCUT2D eigenvalue weighted by Crippen LogP contribution is 2.51. The first-order chi connectivity index (χ1) is 12.1. The molecular weight excluding hydrogens is 317 g/mol. The number of methoxy groups -OCH3 is 1. The van der Waals surface area contributed by atoms with Crippen LogP contribution in [0.5, 0.6) is 0 Å². The van der Waals surface area contributed by atoms with Gasteiger partial charge in [-0.05, 0) is 54.2 Å². The highest BCUT2D eigenvalue weighted by Gasteiger charge is 2.40. The maximum absolute atomic E-state index is 13.8. The van der Waals surface area contributed by atoms with Gasteiger partial charge < -0.3 is 10.1 Å². The lowest BCUT2D eigenvalue weighted by molar-refractivity contribution is 0.0598. The van der Waals surface area contributed by atoms with Gasteiger partial charge in [0, 0.05) is 11.6 Å². The molecule has 1 N–H and O–H groups in total. The van der Waals surface area contributed by atoms with Crippen LogP contribution in [0.4, 0.5) is 10.1 Å². The van der Waals surface area contributed by atoms with Gasteiger partial charge in [0.25, 0.3) is 0 Å². The van der Waals surface area contributed by atoms with Crippen molar-refractivity contribution in [2.24, 2.45) is 5.92 Å². The Hall–Kier alpha value is -2.62. The zero-order chi connectivity index (χ0) is 17.6. The fourth-order valence-electron chi connectivity index (χ4n) is 4.17. The molecule has 1 heterocycles. The monoisotopic (exact) mass is 337 g/mol. The van der Waals surface area contributed by atoms with Crippen LogP contribution in [0.25, 0.3) is 0 Å². The number of hydrogen-bond donors (Lipinski definition) is 1. The molecular formula is C21H20FNO2. The third-order valence-electron chi connectivity index (χ3n) is 5.34. The molecule has 0 unspecified atom stereocenters. The Balaban J connectivity index is 1.87. The number of hydrogen-bond acceptors (Lipinski definition) is 3. The number of ether oxygens (including phenoxy) is 1. The van der Waals surface area contributed by atoms with Crippen LogP contribution in [0.3, 0.4) is 0 Å². The molecule has 2 aliphatic rings. The van der Waals surface area contributed by atoms with Gasteiger partial charge in [-0.15, -0.1) is 0 Å². The number of aryl methyl sites for hydroxylation is 1. The first-order valence-electron chi connectivity index (χ1n) is 8.50. The average Bonchev–Trinajstić information content (AvgIpc) is 3.10. The summed E-state index contributed by atoms with van der Waals surface area (Å²) >= 11 is 0. The van der Waals surface area contributed by atoms with Crippen LogP contribution in [0.1, 0.15) is 45.4 Å². The predicted octanol–water partition coefficient (Wildman–Crippen LogP) is 4.75. The lowest BCUT2D eigenvalue weighted by Crippen LogP contribution is -2.31. The second kappa shape index (κ2) is 6.03. The van der Waals surface area contributed by atoms with Crippen LogP contribution in [-0.2, 0) is 4.74 Å². The van der Waals surface area contributed by atoms with Crippen molar-refractivity contribution in [2.75, 3.05) is 12.4 Å². The van der Waals surface area contributed by atoms with Crippen molar-refractivity contribution in [1.82, 2.24) is 0 Å². The van der Waals surface area contributed by atoms with Crippen LogP contribution in [0, 0.1) is 18.7 Å². The maximum atomic E-state index is 13.8. The number of rotatable bonds is 2. The number of nitrogens with one attached hydrogen (secondary N) is 1. The van der Waals surface area contributed by atoms with Crippen molar-refractivity contribution in [3.05, 3.63) is 76.6 Å². The van der Waals surface area contributed by atoms with Crippen LogP contribution < -0.4 is 5.32 Å². The van der Waals surface area contributed by atoms with Gasteiger partial charge in [-0.3, -0.25) is 0 Å². The first kappa shape index (κ1) is 15.9. The lowest BCUT2D eigenvalue weighted by Gasteiger charge is -2.39. The van der Waals surface area contributed by atoms with E-state index in [1.54, 1.807) is 12.1 Å². The van der Waals surface area contributed by atoms with Gasteiger partial charge in [-0.2, -0.15) is 0 Å². The summed E-state index contributed by atoms with van der Waals surface area (Å²) in [6.07, 6.45) is 5.22. The van der Waals surface area contributed by atoms with Gasteiger partial charge in [0.15, 0.2) is 0 Å². The Morgan fingerprint density at radius 1 is 1.28 bits per heavy atom. The van der Waals surface area contributed by atoms with Crippen molar-refractivity contribution < 1.29 is 13.9 Å². The van der Waals surface area contributed by atoms with Gasteiger partial charge in [-0.1, -0.05) is 30.4 Å². The third-order valence-corrected chi connectivity index (χ3v) is 5.34. The Kier molecular flexibility index (Phi) is 3.83. The maximum Gasteiger partial charge on any atom is 0.338 e. The summed E-state index contributed by atoms with van der Waals surface area (Å²) in [5.41, 5.74) is 4.58. The number of anilines is 1. The van der Waals surface area contributed by atoms with Crippen molar-refractivity contribution >= 4 is 11.7 Å². The van der Waals surface area contributed by atoms with Crippen LogP contribution in [0.2, 0.25) is 0 Å². The number of allylic oxidation sites excluding steroid dienone is 2. The number of fused-ring (bicyclic) bond motifs is 3. The van der Waals surface area contributed by atoms with E-state index in [4.69, 9.17) is 4.74 Å². The molecule has 4 heteroatoms. The fraction of sp³-hybridized carbons (Fsp3) is 0.286. The topological polar surface area (TPSA) is 38.3 Å². The Labute approximate surface area is 146 Å². The van der Waals surface area contributed by atoms with Gasteiger partial charge >= 0.3 is 5.97 Å². The summed E-state index contributed by atoms with van der Waals surface area (Å²) in [5.74, 6) is -0.174. The van der Waals surface area contributed by atoms with Crippen LogP contribution in [-0.4, -0.2) is 13.1 Å². The predicted molar refractivity (Wildman–Crippen MR) is 95.3 cm³/mol. The second-order valence-corrected chi connectivity index (χ2v) is 6.74. The molecule has 4 rings (SSSR count). The van der Waals surface area contributed by atoms with E-state index in [1.165, 1.54) is 13.2 Å². The zero-order valence-electron chi connectivity index (χ0n) is 14.3. The van der Waals surface area contributed by atoms with Crippen LogP contribution in [0.15, 0.2) is 48.6 Å². The fourth-order valence-corrected chi connectivity index (χ4v) is 4.17.